The minimum atomic E-state index is -0.532. The molecular formula is C13H8ClNO3. The molecule has 2 aromatic rings. The van der Waals surface area contributed by atoms with Gasteiger partial charge in [-0.15, -0.1) is 0 Å². The van der Waals surface area contributed by atoms with Crippen LogP contribution in [0.3, 0.4) is 0 Å². The third-order valence-electron chi connectivity index (χ3n) is 2.51. The Kier molecular flexibility index (Phi) is 3.39. The molecule has 0 saturated carbocycles. The SMILES string of the molecule is O=Cc1cccc(-c2cccc([N+](=O)[O-])c2Cl)c1. The van der Waals surface area contributed by atoms with Crippen LogP contribution >= 0.6 is 11.6 Å². The molecule has 0 amide bonds. The Morgan fingerprint density at radius 1 is 1.17 bits per heavy atom. The highest BCUT2D eigenvalue weighted by atomic mass is 35.5. The van der Waals surface area contributed by atoms with Gasteiger partial charge in [-0.25, -0.2) is 0 Å². The zero-order valence-corrected chi connectivity index (χ0v) is 9.92. The van der Waals surface area contributed by atoms with Crippen LogP contribution in [-0.4, -0.2) is 11.2 Å². The van der Waals surface area contributed by atoms with Crippen molar-refractivity contribution in [2.24, 2.45) is 0 Å². The molecule has 0 aliphatic rings. The minimum absolute atomic E-state index is 0.0746. The van der Waals surface area contributed by atoms with Gasteiger partial charge in [0.15, 0.2) is 0 Å². The number of benzene rings is 2. The lowest BCUT2D eigenvalue weighted by atomic mass is 10.0. The van der Waals surface area contributed by atoms with E-state index >= 15 is 0 Å². The molecule has 0 aliphatic heterocycles. The summed E-state index contributed by atoms with van der Waals surface area (Å²) >= 11 is 6.00. The largest absolute Gasteiger partial charge is 0.298 e. The summed E-state index contributed by atoms with van der Waals surface area (Å²) in [5.74, 6) is 0. The summed E-state index contributed by atoms with van der Waals surface area (Å²) in [7, 11) is 0. The molecule has 4 nitrogen and oxygen atoms in total. The molecule has 0 N–H and O–H groups in total. The molecule has 5 heteroatoms. The maximum atomic E-state index is 10.8. The molecule has 90 valence electrons. The summed E-state index contributed by atoms with van der Waals surface area (Å²) in [5, 5.41) is 10.9. The number of aldehydes is 1. The standard InChI is InChI=1S/C13H8ClNO3/c14-13-11(5-2-6-12(13)15(17)18)10-4-1-3-9(7-10)8-16/h1-8H. The first-order valence-corrected chi connectivity index (χ1v) is 5.50. The Labute approximate surface area is 108 Å². The van der Waals surface area contributed by atoms with Gasteiger partial charge >= 0.3 is 0 Å². The van der Waals surface area contributed by atoms with Crippen molar-refractivity contribution in [1.82, 2.24) is 0 Å². The quantitative estimate of drug-likeness (QED) is 0.480. The molecule has 0 unspecified atom stereocenters. The van der Waals surface area contributed by atoms with Gasteiger partial charge in [-0.1, -0.05) is 41.9 Å². The fraction of sp³-hybridized carbons (Fsp3) is 0. The highest BCUT2D eigenvalue weighted by Crippen LogP contribution is 2.34. The Hall–Kier alpha value is -2.20. The van der Waals surface area contributed by atoms with Crippen molar-refractivity contribution >= 4 is 23.6 Å². The zero-order valence-electron chi connectivity index (χ0n) is 9.17. The van der Waals surface area contributed by atoms with Crippen LogP contribution in [0, 0.1) is 10.1 Å². The van der Waals surface area contributed by atoms with Gasteiger partial charge in [-0.2, -0.15) is 0 Å². The van der Waals surface area contributed by atoms with Gasteiger partial charge in [0.1, 0.15) is 11.3 Å². The van der Waals surface area contributed by atoms with E-state index in [2.05, 4.69) is 0 Å². The molecule has 2 rings (SSSR count). The van der Waals surface area contributed by atoms with Crippen LogP contribution in [0.4, 0.5) is 5.69 Å². The second kappa shape index (κ2) is 4.98. The molecule has 0 heterocycles. The number of carbonyl (C=O) groups is 1. The third kappa shape index (κ3) is 2.24. The Balaban J connectivity index is 2.60. The number of nitrogens with zero attached hydrogens (tertiary/aromatic N) is 1. The average Bonchev–Trinajstić information content (AvgIpc) is 2.38. The van der Waals surface area contributed by atoms with Crippen molar-refractivity contribution in [3.05, 3.63) is 63.2 Å². The highest BCUT2D eigenvalue weighted by molar-refractivity contribution is 6.35. The number of nitro benzene ring substituents is 1. The molecule has 2 aromatic carbocycles. The Morgan fingerprint density at radius 2 is 1.89 bits per heavy atom. The van der Waals surface area contributed by atoms with Gasteiger partial charge in [-0.3, -0.25) is 14.9 Å². The van der Waals surface area contributed by atoms with Crippen LogP contribution in [0.5, 0.6) is 0 Å². The van der Waals surface area contributed by atoms with E-state index in [4.69, 9.17) is 11.6 Å². The highest BCUT2D eigenvalue weighted by Gasteiger charge is 2.16. The normalized spacial score (nSPS) is 10.1. The molecule has 0 aromatic heterocycles. The van der Waals surface area contributed by atoms with Crippen LogP contribution in [0.15, 0.2) is 42.5 Å². The average molecular weight is 262 g/mol. The smallest absolute Gasteiger partial charge is 0.288 e. The van der Waals surface area contributed by atoms with E-state index in [-0.39, 0.29) is 10.7 Å². The number of hydrogen-bond donors (Lipinski definition) is 0. The van der Waals surface area contributed by atoms with Crippen molar-refractivity contribution in [2.75, 3.05) is 0 Å². The van der Waals surface area contributed by atoms with Crippen molar-refractivity contribution in [2.45, 2.75) is 0 Å². The second-order valence-electron chi connectivity index (χ2n) is 3.64. The van der Waals surface area contributed by atoms with Gasteiger partial charge in [0.2, 0.25) is 0 Å². The lowest BCUT2D eigenvalue weighted by Gasteiger charge is -2.05. The summed E-state index contributed by atoms with van der Waals surface area (Å²) in [4.78, 5) is 21.0. The maximum absolute atomic E-state index is 10.8. The second-order valence-corrected chi connectivity index (χ2v) is 4.02. The summed E-state index contributed by atoms with van der Waals surface area (Å²) in [6, 6.07) is 11.3. The molecule has 18 heavy (non-hydrogen) atoms. The van der Waals surface area contributed by atoms with Crippen molar-refractivity contribution in [3.63, 3.8) is 0 Å². The first-order valence-electron chi connectivity index (χ1n) is 5.12. The molecule has 0 radical (unpaired) electrons. The summed E-state index contributed by atoms with van der Waals surface area (Å²) in [6.45, 7) is 0. The van der Waals surface area contributed by atoms with Gasteiger partial charge in [0.25, 0.3) is 5.69 Å². The number of nitro groups is 1. The third-order valence-corrected chi connectivity index (χ3v) is 2.91. The van der Waals surface area contributed by atoms with E-state index in [0.717, 1.165) is 6.29 Å². The minimum Gasteiger partial charge on any atom is -0.298 e. The van der Waals surface area contributed by atoms with Crippen molar-refractivity contribution in [3.8, 4) is 11.1 Å². The van der Waals surface area contributed by atoms with Crippen molar-refractivity contribution in [1.29, 1.82) is 0 Å². The topological polar surface area (TPSA) is 60.2 Å². The van der Waals surface area contributed by atoms with E-state index in [9.17, 15) is 14.9 Å². The van der Waals surface area contributed by atoms with Gasteiger partial charge in [-0.05, 0) is 11.6 Å². The molecule has 0 atom stereocenters. The molecular weight excluding hydrogens is 254 g/mol. The van der Waals surface area contributed by atoms with Crippen LogP contribution in [0.2, 0.25) is 5.02 Å². The van der Waals surface area contributed by atoms with Gasteiger partial charge in [0, 0.05) is 17.2 Å². The van der Waals surface area contributed by atoms with Crippen LogP contribution < -0.4 is 0 Å². The Morgan fingerprint density at radius 3 is 2.56 bits per heavy atom. The van der Waals surface area contributed by atoms with E-state index in [0.29, 0.717) is 16.7 Å². The molecule has 0 spiro atoms. The number of rotatable bonds is 3. The van der Waals surface area contributed by atoms with Gasteiger partial charge < -0.3 is 0 Å². The van der Waals surface area contributed by atoms with Crippen LogP contribution in [-0.2, 0) is 0 Å². The number of halogens is 1. The van der Waals surface area contributed by atoms with E-state index < -0.39 is 4.92 Å². The predicted molar refractivity (Wildman–Crippen MR) is 68.9 cm³/mol. The van der Waals surface area contributed by atoms with Crippen molar-refractivity contribution < 1.29 is 9.72 Å². The maximum Gasteiger partial charge on any atom is 0.288 e. The fourth-order valence-electron chi connectivity index (χ4n) is 1.66. The molecule has 0 fully saturated rings. The first kappa shape index (κ1) is 12.3. The van der Waals surface area contributed by atoms with Crippen LogP contribution in [0.25, 0.3) is 11.1 Å². The van der Waals surface area contributed by atoms with Gasteiger partial charge in [0.05, 0.1) is 4.92 Å². The Bertz CT molecular complexity index is 625. The summed E-state index contributed by atoms with van der Waals surface area (Å²) < 4.78 is 0. The molecule has 0 saturated heterocycles. The predicted octanol–water partition coefficient (Wildman–Crippen LogP) is 3.73. The van der Waals surface area contributed by atoms with Crippen LogP contribution in [0.1, 0.15) is 10.4 Å². The zero-order chi connectivity index (χ0) is 13.1. The van der Waals surface area contributed by atoms with E-state index in [1.165, 1.54) is 6.07 Å². The molecule has 0 bridgehead atoms. The summed E-state index contributed by atoms with van der Waals surface area (Å²) in [6.07, 6.45) is 0.717. The number of hydrogen-bond acceptors (Lipinski definition) is 3. The monoisotopic (exact) mass is 261 g/mol. The van der Waals surface area contributed by atoms with E-state index in [1.807, 2.05) is 0 Å². The number of carbonyl (C=O) groups excluding carboxylic acids is 1. The summed E-state index contributed by atoms with van der Waals surface area (Å²) in [5.41, 5.74) is 1.56. The molecule has 0 aliphatic carbocycles. The lowest BCUT2D eigenvalue weighted by Crippen LogP contribution is -1.91. The fourth-order valence-corrected chi connectivity index (χ4v) is 1.97. The lowest BCUT2D eigenvalue weighted by molar-refractivity contribution is -0.384. The van der Waals surface area contributed by atoms with E-state index in [1.54, 1.807) is 36.4 Å². The first-order chi connectivity index (χ1) is 8.63.